The van der Waals surface area contributed by atoms with Gasteiger partial charge in [0.05, 0.1) is 23.9 Å². The van der Waals surface area contributed by atoms with Gasteiger partial charge < -0.3 is 9.30 Å². The van der Waals surface area contributed by atoms with Crippen molar-refractivity contribution >= 4 is 11.0 Å². The molecule has 0 fully saturated rings. The van der Waals surface area contributed by atoms with Crippen LogP contribution in [-0.2, 0) is 11.3 Å². The van der Waals surface area contributed by atoms with E-state index in [4.69, 9.17) is 4.74 Å². The minimum Gasteiger partial charge on any atom is -0.492 e. The molecule has 2 aromatic rings. The Morgan fingerprint density at radius 1 is 1.32 bits per heavy atom. The van der Waals surface area contributed by atoms with Crippen molar-refractivity contribution in [3.05, 3.63) is 66.7 Å². The van der Waals surface area contributed by atoms with E-state index in [0.717, 1.165) is 41.8 Å². The van der Waals surface area contributed by atoms with Gasteiger partial charge in [-0.1, -0.05) is 43.7 Å². The van der Waals surface area contributed by atoms with Crippen LogP contribution < -0.4 is 0 Å². The molecule has 3 heteroatoms. The average Bonchev–Trinajstić information content (AvgIpc) is 2.94. The zero-order chi connectivity index (χ0) is 15.8. The molecule has 0 amide bonds. The zero-order valence-electron chi connectivity index (χ0n) is 13.5. The third-order valence-electron chi connectivity index (χ3n) is 3.47. The Hall–Kier alpha value is -2.29. The van der Waals surface area contributed by atoms with E-state index in [1.807, 2.05) is 49.7 Å². The number of ether oxygens (including phenoxy) is 1. The number of fused-ring (bicyclic) bond motifs is 1. The molecule has 1 aromatic heterocycles. The monoisotopic (exact) mass is 296 g/mol. The van der Waals surface area contributed by atoms with E-state index in [-0.39, 0.29) is 0 Å². The molecule has 0 bridgehead atoms. The molecule has 3 nitrogen and oxygen atoms in total. The Bertz CT molecular complexity index is 680. The van der Waals surface area contributed by atoms with Crippen LogP contribution in [0.25, 0.3) is 11.0 Å². The van der Waals surface area contributed by atoms with Crippen LogP contribution in [0.3, 0.4) is 0 Å². The van der Waals surface area contributed by atoms with Crippen LogP contribution in [-0.4, -0.2) is 16.2 Å². The van der Waals surface area contributed by atoms with Gasteiger partial charge in [-0.25, -0.2) is 4.98 Å². The highest BCUT2D eigenvalue weighted by molar-refractivity contribution is 5.74. The Labute approximate surface area is 132 Å². The zero-order valence-corrected chi connectivity index (χ0v) is 13.5. The van der Waals surface area contributed by atoms with Gasteiger partial charge in [0.2, 0.25) is 0 Å². The van der Waals surface area contributed by atoms with Crippen LogP contribution in [0.1, 0.15) is 26.7 Å². The second kappa shape index (κ2) is 8.23. The van der Waals surface area contributed by atoms with Gasteiger partial charge in [-0.3, -0.25) is 0 Å². The highest BCUT2D eigenvalue weighted by Gasteiger charge is 2.01. The third kappa shape index (κ3) is 4.35. The molecule has 0 spiro atoms. The Balaban J connectivity index is 1.88. The SMILES string of the molecule is C=C(/C=C\C(=C/C)OCCn1cnc2ccccc21)CCC. The molecule has 0 radical (unpaired) electrons. The predicted molar refractivity (Wildman–Crippen MR) is 92.6 cm³/mol. The number of nitrogens with zero attached hydrogens (tertiary/aromatic N) is 2. The van der Waals surface area contributed by atoms with Gasteiger partial charge in [0.15, 0.2) is 0 Å². The number of hydrogen-bond donors (Lipinski definition) is 0. The average molecular weight is 296 g/mol. The van der Waals surface area contributed by atoms with Crippen LogP contribution in [0, 0.1) is 0 Å². The van der Waals surface area contributed by atoms with E-state index in [9.17, 15) is 0 Å². The van der Waals surface area contributed by atoms with Gasteiger partial charge in [-0.15, -0.1) is 0 Å². The molecule has 1 heterocycles. The van der Waals surface area contributed by atoms with Gasteiger partial charge in [0.1, 0.15) is 12.4 Å². The fourth-order valence-corrected chi connectivity index (χ4v) is 2.28. The Kier molecular flexibility index (Phi) is 6.01. The number of allylic oxidation sites excluding steroid dienone is 4. The molecule has 0 N–H and O–H groups in total. The lowest BCUT2D eigenvalue weighted by Gasteiger charge is -2.08. The van der Waals surface area contributed by atoms with Crippen molar-refractivity contribution in [2.75, 3.05) is 6.61 Å². The van der Waals surface area contributed by atoms with Crippen molar-refractivity contribution < 1.29 is 4.74 Å². The third-order valence-corrected chi connectivity index (χ3v) is 3.47. The summed E-state index contributed by atoms with van der Waals surface area (Å²) in [5, 5.41) is 0. The summed E-state index contributed by atoms with van der Waals surface area (Å²) in [6.07, 6.45) is 10.00. The van der Waals surface area contributed by atoms with Crippen molar-refractivity contribution in [3.63, 3.8) is 0 Å². The summed E-state index contributed by atoms with van der Waals surface area (Å²) in [6.45, 7) is 9.55. The Morgan fingerprint density at radius 2 is 2.14 bits per heavy atom. The van der Waals surface area contributed by atoms with Gasteiger partial charge in [-0.05, 0) is 37.6 Å². The molecule has 0 aliphatic rings. The number of rotatable bonds is 8. The molecule has 0 saturated heterocycles. The van der Waals surface area contributed by atoms with Crippen molar-refractivity contribution in [2.45, 2.75) is 33.2 Å². The first kappa shape index (κ1) is 16.1. The first-order chi connectivity index (χ1) is 10.7. The van der Waals surface area contributed by atoms with E-state index in [1.165, 1.54) is 0 Å². The number of aromatic nitrogens is 2. The highest BCUT2D eigenvalue weighted by Crippen LogP contribution is 2.12. The lowest BCUT2D eigenvalue weighted by atomic mass is 10.1. The summed E-state index contributed by atoms with van der Waals surface area (Å²) in [7, 11) is 0. The molecular formula is C19H24N2O. The first-order valence-corrected chi connectivity index (χ1v) is 7.79. The van der Waals surface area contributed by atoms with E-state index >= 15 is 0 Å². The molecule has 0 atom stereocenters. The summed E-state index contributed by atoms with van der Waals surface area (Å²) in [4.78, 5) is 4.38. The highest BCUT2D eigenvalue weighted by atomic mass is 16.5. The largest absolute Gasteiger partial charge is 0.492 e. The maximum atomic E-state index is 5.83. The molecule has 22 heavy (non-hydrogen) atoms. The summed E-state index contributed by atoms with van der Waals surface area (Å²) in [5.41, 5.74) is 3.29. The molecule has 116 valence electrons. The molecular weight excluding hydrogens is 272 g/mol. The van der Waals surface area contributed by atoms with Gasteiger partial charge in [-0.2, -0.15) is 0 Å². The lowest BCUT2D eigenvalue weighted by molar-refractivity contribution is 0.212. The number of hydrogen-bond acceptors (Lipinski definition) is 2. The van der Waals surface area contributed by atoms with Crippen LogP contribution in [0.15, 0.2) is 66.7 Å². The molecule has 2 rings (SSSR count). The van der Waals surface area contributed by atoms with E-state index in [0.29, 0.717) is 6.61 Å². The van der Waals surface area contributed by atoms with Crippen LogP contribution in [0.5, 0.6) is 0 Å². The molecule has 0 saturated carbocycles. The summed E-state index contributed by atoms with van der Waals surface area (Å²) in [6, 6.07) is 8.13. The number of benzene rings is 1. The predicted octanol–water partition coefficient (Wildman–Crippen LogP) is 4.87. The van der Waals surface area contributed by atoms with Crippen molar-refractivity contribution in [1.29, 1.82) is 0 Å². The second-order valence-corrected chi connectivity index (χ2v) is 5.21. The van der Waals surface area contributed by atoms with Crippen LogP contribution in [0.4, 0.5) is 0 Å². The molecule has 0 unspecified atom stereocenters. The minimum atomic E-state index is 0.616. The standard InChI is InChI=1S/C19H24N2O/c1-4-8-16(3)11-12-17(5-2)22-14-13-21-15-20-18-9-6-7-10-19(18)21/h5-7,9-12,15H,3-4,8,13-14H2,1-2H3/b12-11-,17-5+. The molecule has 1 aromatic carbocycles. The lowest BCUT2D eigenvalue weighted by Crippen LogP contribution is -2.04. The molecule has 0 aliphatic heterocycles. The van der Waals surface area contributed by atoms with Crippen molar-refractivity contribution in [3.8, 4) is 0 Å². The van der Waals surface area contributed by atoms with E-state index in [1.54, 1.807) is 0 Å². The fraction of sp³-hybridized carbons (Fsp3) is 0.316. The Morgan fingerprint density at radius 3 is 2.91 bits per heavy atom. The second-order valence-electron chi connectivity index (χ2n) is 5.21. The van der Waals surface area contributed by atoms with Gasteiger partial charge in [0, 0.05) is 0 Å². The summed E-state index contributed by atoms with van der Waals surface area (Å²) >= 11 is 0. The van der Waals surface area contributed by atoms with Gasteiger partial charge >= 0.3 is 0 Å². The quantitative estimate of drug-likeness (QED) is 0.513. The summed E-state index contributed by atoms with van der Waals surface area (Å²) < 4.78 is 7.94. The minimum absolute atomic E-state index is 0.616. The normalized spacial score (nSPS) is 12.2. The number of imidazole rings is 1. The van der Waals surface area contributed by atoms with Crippen LogP contribution in [0.2, 0.25) is 0 Å². The summed E-state index contributed by atoms with van der Waals surface area (Å²) in [5.74, 6) is 0.877. The maximum absolute atomic E-state index is 5.83. The topological polar surface area (TPSA) is 27.1 Å². The van der Waals surface area contributed by atoms with E-state index < -0.39 is 0 Å². The fourth-order valence-electron chi connectivity index (χ4n) is 2.28. The van der Waals surface area contributed by atoms with Crippen LogP contribution >= 0.6 is 0 Å². The van der Waals surface area contributed by atoms with E-state index in [2.05, 4.69) is 29.1 Å². The van der Waals surface area contributed by atoms with Crippen molar-refractivity contribution in [2.24, 2.45) is 0 Å². The maximum Gasteiger partial charge on any atom is 0.115 e. The van der Waals surface area contributed by atoms with Crippen molar-refractivity contribution in [1.82, 2.24) is 9.55 Å². The smallest absolute Gasteiger partial charge is 0.115 e. The molecule has 0 aliphatic carbocycles. The van der Waals surface area contributed by atoms with Gasteiger partial charge in [0.25, 0.3) is 0 Å². The number of para-hydroxylation sites is 2. The first-order valence-electron chi connectivity index (χ1n) is 7.79.